The third-order valence-electron chi connectivity index (χ3n) is 3.90. The highest BCUT2D eigenvalue weighted by Gasteiger charge is 2.19. The summed E-state index contributed by atoms with van der Waals surface area (Å²) in [7, 11) is 1.42. The Balaban J connectivity index is 2.03. The van der Waals surface area contributed by atoms with Gasteiger partial charge < -0.3 is 9.47 Å². The third-order valence-corrected chi connectivity index (χ3v) is 4.67. The van der Waals surface area contributed by atoms with Gasteiger partial charge in [-0.3, -0.25) is 0 Å². The first kappa shape index (κ1) is 20.2. The number of rotatable bonds is 6. The molecule has 0 saturated heterocycles. The molecule has 11 heteroatoms. The molecule has 0 fully saturated rings. The molecule has 0 amide bonds. The molecular weight excluding hydrogens is 414 g/mol. The van der Waals surface area contributed by atoms with Crippen molar-refractivity contribution in [3.8, 4) is 17.2 Å². The predicted molar refractivity (Wildman–Crippen MR) is 101 cm³/mol. The molecule has 0 spiro atoms. The van der Waals surface area contributed by atoms with Crippen LogP contribution < -0.4 is 15.2 Å². The zero-order valence-corrected chi connectivity index (χ0v) is 16.4. The molecule has 1 aromatic heterocycles. The summed E-state index contributed by atoms with van der Waals surface area (Å²) >= 11 is 10.5. The maximum Gasteiger partial charge on any atom is 0.387 e. The van der Waals surface area contributed by atoms with Crippen LogP contribution in [0.3, 0.4) is 0 Å². The Bertz CT molecular complexity index is 1070. The fourth-order valence-corrected chi connectivity index (χ4v) is 2.96. The molecule has 0 bridgehead atoms. The number of halogens is 3. The fourth-order valence-electron chi connectivity index (χ4n) is 2.47. The van der Waals surface area contributed by atoms with E-state index in [0.29, 0.717) is 15.7 Å². The standard InChI is InChI=1S/C17H15ClF2N4O3S/c1-9-6-14(11(18)7-15(9)28)26-8-10-12(24-17(25)23(2)21-22-24)4-3-5-13(10)27-16(19)20/h3-7,16,28H,8H2,1-2H3. The number of benzene rings is 2. The molecule has 2 aromatic carbocycles. The number of hydrogen-bond donors (Lipinski definition) is 1. The van der Waals surface area contributed by atoms with Crippen molar-refractivity contribution in [1.82, 2.24) is 19.8 Å². The van der Waals surface area contributed by atoms with Gasteiger partial charge in [-0.05, 0) is 47.2 Å². The summed E-state index contributed by atoms with van der Waals surface area (Å²) in [4.78, 5) is 12.9. The van der Waals surface area contributed by atoms with Crippen molar-refractivity contribution < 1.29 is 18.3 Å². The molecule has 0 N–H and O–H groups in total. The van der Waals surface area contributed by atoms with Gasteiger partial charge in [-0.1, -0.05) is 17.7 Å². The quantitative estimate of drug-likeness (QED) is 0.609. The normalized spacial score (nSPS) is 11.1. The molecule has 7 nitrogen and oxygen atoms in total. The topological polar surface area (TPSA) is 71.2 Å². The number of alkyl halides is 2. The molecule has 28 heavy (non-hydrogen) atoms. The van der Waals surface area contributed by atoms with E-state index in [9.17, 15) is 13.6 Å². The lowest BCUT2D eigenvalue weighted by Crippen LogP contribution is -2.23. The van der Waals surface area contributed by atoms with Crippen molar-refractivity contribution in [3.63, 3.8) is 0 Å². The predicted octanol–water partition coefficient (Wildman–Crippen LogP) is 3.40. The summed E-state index contributed by atoms with van der Waals surface area (Å²) in [6, 6.07) is 7.63. The van der Waals surface area contributed by atoms with Gasteiger partial charge in [0.25, 0.3) is 0 Å². The van der Waals surface area contributed by atoms with Crippen molar-refractivity contribution in [3.05, 3.63) is 57.0 Å². The van der Waals surface area contributed by atoms with E-state index < -0.39 is 12.3 Å². The smallest absolute Gasteiger partial charge is 0.387 e. The SMILES string of the molecule is Cc1cc(OCc2c(OC(F)F)cccc2-n2nnn(C)c2=O)c(Cl)cc1S. The Morgan fingerprint density at radius 1 is 1.25 bits per heavy atom. The van der Waals surface area contributed by atoms with E-state index in [-0.39, 0.29) is 23.6 Å². The number of aromatic nitrogens is 4. The van der Waals surface area contributed by atoms with Crippen LogP contribution in [0.5, 0.6) is 11.5 Å². The molecular formula is C17H15ClF2N4O3S. The first-order valence-corrected chi connectivity index (χ1v) is 8.78. The fraction of sp³-hybridized carbons (Fsp3) is 0.235. The highest BCUT2D eigenvalue weighted by Crippen LogP contribution is 2.32. The van der Waals surface area contributed by atoms with Gasteiger partial charge in [-0.25, -0.2) is 4.79 Å². The minimum atomic E-state index is -3.05. The van der Waals surface area contributed by atoms with E-state index in [1.54, 1.807) is 12.1 Å². The molecule has 0 radical (unpaired) electrons. The number of aryl methyl sites for hydroxylation is 2. The molecule has 3 aromatic rings. The summed E-state index contributed by atoms with van der Waals surface area (Å²) in [6.07, 6.45) is 0. The first-order valence-electron chi connectivity index (χ1n) is 7.96. The van der Waals surface area contributed by atoms with E-state index in [1.165, 1.54) is 25.2 Å². The number of hydrogen-bond acceptors (Lipinski definition) is 6. The highest BCUT2D eigenvalue weighted by molar-refractivity contribution is 7.80. The van der Waals surface area contributed by atoms with Crippen LogP contribution in [0.4, 0.5) is 8.78 Å². The summed E-state index contributed by atoms with van der Waals surface area (Å²) in [5, 5.41) is 7.69. The molecule has 0 atom stereocenters. The first-order chi connectivity index (χ1) is 13.3. The van der Waals surface area contributed by atoms with E-state index in [4.69, 9.17) is 16.3 Å². The van der Waals surface area contributed by atoms with Crippen LogP contribution in [0.1, 0.15) is 11.1 Å². The van der Waals surface area contributed by atoms with Crippen molar-refractivity contribution in [2.75, 3.05) is 0 Å². The van der Waals surface area contributed by atoms with Crippen LogP contribution in [0.15, 0.2) is 40.0 Å². The summed E-state index contributed by atoms with van der Waals surface area (Å²) in [6.45, 7) is -1.43. The molecule has 0 aliphatic rings. The molecule has 3 rings (SSSR count). The lowest BCUT2D eigenvalue weighted by Gasteiger charge is -2.16. The van der Waals surface area contributed by atoms with E-state index in [0.717, 1.165) is 14.9 Å². The van der Waals surface area contributed by atoms with Crippen LogP contribution in [-0.2, 0) is 13.7 Å². The molecule has 0 saturated carbocycles. The lowest BCUT2D eigenvalue weighted by atomic mass is 10.1. The molecule has 0 unspecified atom stereocenters. The summed E-state index contributed by atoms with van der Waals surface area (Å²) in [5.74, 6) is 0.185. The highest BCUT2D eigenvalue weighted by atomic mass is 35.5. The van der Waals surface area contributed by atoms with Gasteiger partial charge in [0.05, 0.1) is 16.3 Å². The van der Waals surface area contributed by atoms with Gasteiger partial charge in [0, 0.05) is 11.9 Å². The second kappa shape index (κ2) is 8.19. The Morgan fingerprint density at radius 3 is 2.64 bits per heavy atom. The van der Waals surface area contributed by atoms with Crippen molar-refractivity contribution in [2.45, 2.75) is 25.0 Å². The van der Waals surface area contributed by atoms with Crippen LogP contribution in [-0.4, -0.2) is 26.4 Å². The Kier molecular flexibility index (Phi) is 5.90. The molecule has 148 valence electrons. The average Bonchev–Trinajstić information content (AvgIpc) is 2.96. The zero-order chi connectivity index (χ0) is 20.4. The van der Waals surface area contributed by atoms with E-state index in [2.05, 4.69) is 27.8 Å². The Hall–Kier alpha value is -2.59. The van der Waals surface area contributed by atoms with Gasteiger partial charge in [0.2, 0.25) is 0 Å². The zero-order valence-electron chi connectivity index (χ0n) is 14.8. The maximum atomic E-state index is 12.8. The van der Waals surface area contributed by atoms with Crippen LogP contribution in [0, 0.1) is 6.92 Å². The second-order valence-corrected chi connectivity index (χ2v) is 6.68. The lowest BCUT2D eigenvalue weighted by molar-refractivity contribution is -0.0508. The molecule has 0 aliphatic heterocycles. The summed E-state index contributed by atoms with van der Waals surface area (Å²) in [5.41, 5.74) is 0.665. The van der Waals surface area contributed by atoms with E-state index >= 15 is 0 Å². The van der Waals surface area contributed by atoms with Gasteiger partial charge >= 0.3 is 12.3 Å². The number of tetrazole rings is 1. The maximum absolute atomic E-state index is 12.8. The number of nitrogens with zero attached hydrogens (tertiary/aromatic N) is 4. The Morgan fingerprint density at radius 2 is 2.00 bits per heavy atom. The monoisotopic (exact) mass is 428 g/mol. The number of thiol groups is 1. The van der Waals surface area contributed by atoms with Gasteiger partial charge in [-0.15, -0.1) is 12.6 Å². The molecule has 1 heterocycles. The van der Waals surface area contributed by atoms with Gasteiger partial charge in [0.15, 0.2) is 0 Å². The Labute approximate surface area is 168 Å². The second-order valence-electron chi connectivity index (χ2n) is 5.79. The van der Waals surface area contributed by atoms with Crippen LogP contribution >= 0.6 is 24.2 Å². The van der Waals surface area contributed by atoms with Crippen LogP contribution in [0.25, 0.3) is 5.69 Å². The van der Waals surface area contributed by atoms with E-state index in [1.807, 2.05) is 6.92 Å². The average molecular weight is 429 g/mol. The summed E-state index contributed by atoms with van der Waals surface area (Å²) < 4.78 is 38.0. The number of ether oxygens (including phenoxy) is 2. The molecule has 0 aliphatic carbocycles. The van der Waals surface area contributed by atoms with Crippen molar-refractivity contribution >= 4 is 24.2 Å². The van der Waals surface area contributed by atoms with Crippen molar-refractivity contribution in [1.29, 1.82) is 0 Å². The van der Waals surface area contributed by atoms with Gasteiger partial charge in [-0.2, -0.15) is 18.1 Å². The largest absolute Gasteiger partial charge is 0.487 e. The van der Waals surface area contributed by atoms with Crippen LogP contribution in [0.2, 0.25) is 5.02 Å². The van der Waals surface area contributed by atoms with Gasteiger partial charge in [0.1, 0.15) is 18.1 Å². The minimum absolute atomic E-state index is 0.149. The van der Waals surface area contributed by atoms with Crippen molar-refractivity contribution in [2.24, 2.45) is 7.05 Å². The third kappa shape index (κ3) is 4.12. The minimum Gasteiger partial charge on any atom is -0.487 e.